The smallest absolute Gasteiger partial charge is 0.548 e. The summed E-state index contributed by atoms with van der Waals surface area (Å²) in [7, 11) is 0. The van der Waals surface area contributed by atoms with Crippen LogP contribution in [0.2, 0.25) is 0 Å². The maximum absolute atomic E-state index is 11.3. The average molecular weight is 594 g/mol. The van der Waals surface area contributed by atoms with Gasteiger partial charge < -0.3 is 51.4 Å². The molecule has 0 unspecified atom stereocenters. The maximum Gasteiger partial charge on any atom is 2.00 e. The maximum atomic E-state index is 11.3. The van der Waals surface area contributed by atoms with Crippen molar-refractivity contribution in [3.05, 3.63) is 71.8 Å². The Balaban J connectivity index is 0.000000722. The van der Waals surface area contributed by atoms with E-state index in [1.807, 2.05) is 60.7 Å². The van der Waals surface area contributed by atoms with Gasteiger partial charge >= 0.3 is 29.3 Å². The largest absolute Gasteiger partial charge is 2.00 e. The van der Waals surface area contributed by atoms with Crippen molar-refractivity contribution >= 4 is 24.1 Å². The first-order chi connectivity index (χ1) is 18.2. The number of carboxylic acids is 2. The summed E-state index contributed by atoms with van der Waals surface area (Å²) in [5.74, 6) is -2.57. The summed E-state index contributed by atoms with van der Waals surface area (Å²) in [6, 6.07) is 16.6. The number of aliphatic carboxylic acids is 2. The number of rotatable bonds is 14. The molecule has 0 aromatic heterocycles. The fourth-order valence-corrected chi connectivity index (χ4v) is 2.81. The Bertz CT molecular complexity index is 903. The second-order valence-corrected chi connectivity index (χ2v) is 8.11. The molecule has 2 atom stereocenters. The zero-order valence-electron chi connectivity index (χ0n) is 21.3. The number of ether oxygens (including phenoxy) is 2. The number of benzene rings is 2. The van der Waals surface area contributed by atoms with E-state index in [4.69, 9.17) is 20.9 Å². The summed E-state index contributed by atoms with van der Waals surface area (Å²) >= 11 is 0. The Labute approximate surface area is 237 Å². The van der Waals surface area contributed by atoms with Gasteiger partial charge in [0.1, 0.15) is 13.2 Å². The minimum Gasteiger partial charge on any atom is -0.548 e. The Morgan fingerprint density at radius 1 is 0.667 bits per heavy atom. The quantitative estimate of drug-likeness (QED) is 0.163. The number of nitrogens with one attached hydrogen (secondary N) is 2. The van der Waals surface area contributed by atoms with E-state index in [0.29, 0.717) is 25.9 Å². The zero-order chi connectivity index (χ0) is 28.2. The third-order valence-corrected chi connectivity index (χ3v) is 4.95. The normalized spacial score (nSPS) is 11.3. The Hall–Kier alpha value is -3.64. The summed E-state index contributed by atoms with van der Waals surface area (Å²) in [6.45, 7) is 1.03. The van der Waals surface area contributed by atoms with Crippen LogP contribution in [0.3, 0.4) is 0 Å². The first kappa shape index (κ1) is 35.4. The Morgan fingerprint density at radius 2 is 1.00 bits per heavy atom. The molecule has 0 heterocycles. The summed E-state index contributed by atoms with van der Waals surface area (Å²) in [5, 5.41) is 25.7. The van der Waals surface area contributed by atoms with Crippen LogP contribution in [0.5, 0.6) is 0 Å². The second kappa shape index (κ2) is 21.3. The first-order valence-electron chi connectivity index (χ1n) is 12.0. The van der Waals surface area contributed by atoms with E-state index in [9.17, 15) is 29.4 Å². The summed E-state index contributed by atoms with van der Waals surface area (Å²) < 4.78 is 9.95. The molecule has 6 N–H and O–H groups in total. The van der Waals surface area contributed by atoms with E-state index in [1.54, 1.807) is 0 Å². The minimum absolute atomic E-state index is 0. The molecule has 2 rings (SSSR count). The summed E-state index contributed by atoms with van der Waals surface area (Å²) in [6.07, 6.45) is 0.338. The van der Waals surface area contributed by atoms with Crippen molar-refractivity contribution < 1.29 is 55.9 Å². The van der Waals surface area contributed by atoms with E-state index in [1.165, 1.54) is 0 Å². The van der Waals surface area contributed by atoms with Crippen LogP contribution >= 0.6 is 0 Å². The molecule has 0 bridgehead atoms. The zero-order valence-corrected chi connectivity index (χ0v) is 22.2. The van der Waals surface area contributed by atoms with Gasteiger partial charge in [0.25, 0.3) is 0 Å². The van der Waals surface area contributed by atoms with Crippen LogP contribution in [0.25, 0.3) is 0 Å². The Morgan fingerprint density at radius 3 is 1.31 bits per heavy atom. The van der Waals surface area contributed by atoms with Crippen LogP contribution in [0.4, 0.5) is 9.59 Å². The molecule has 0 saturated carbocycles. The molecule has 0 aliphatic carbocycles. The van der Waals surface area contributed by atoms with Gasteiger partial charge in [-0.15, -0.1) is 0 Å². The molecule has 2 aromatic rings. The van der Waals surface area contributed by atoms with Gasteiger partial charge in [-0.05, 0) is 36.8 Å². The fourth-order valence-electron chi connectivity index (χ4n) is 2.81. The van der Waals surface area contributed by atoms with Crippen LogP contribution in [0.1, 0.15) is 36.8 Å². The van der Waals surface area contributed by atoms with Crippen LogP contribution in [0.15, 0.2) is 60.7 Å². The van der Waals surface area contributed by atoms with Crippen molar-refractivity contribution in [3.8, 4) is 0 Å². The third kappa shape index (κ3) is 18.3. The molecule has 0 fully saturated rings. The van der Waals surface area contributed by atoms with Gasteiger partial charge in [0.05, 0.1) is 11.9 Å². The van der Waals surface area contributed by atoms with Gasteiger partial charge in [-0.1, -0.05) is 60.7 Å². The molecule has 0 aliphatic heterocycles. The van der Waals surface area contributed by atoms with E-state index in [-0.39, 0.29) is 43.1 Å². The monoisotopic (exact) mass is 593 g/mol. The predicted octanol–water partition coefficient (Wildman–Crippen LogP) is -0.462. The molecule has 1 radical (unpaired) electrons. The first-order valence-corrected chi connectivity index (χ1v) is 12.0. The van der Waals surface area contributed by atoms with Crippen LogP contribution in [-0.2, 0) is 49.3 Å². The fraction of sp³-hybridized carbons (Fsp3) is 0.385. The van der Waals surface area contributed by atoms with E-state index in [0.717, 1.165) is 11.1 Å². The third-order valence-electron chi connectivity index (χ3n) is 4.95. The molecule has 0 saturated heterocycles. The van der Waals surface area contributed by atoms with Crippen LogP contribution in [0, 0.1) is 0 Å². The molecule has 0 spiro atoms. The SMILES string of the molecule is N[C@H](CCCNC(=O)OCc1ccccc1)C(=O)[O-].N[C@H](CCCNC(=O)OCc1ccccc1)C(=O)[O-].[Cu+2]. The number of carbonyl (C=O) groups excluding carboxylic acids is 4. The van der Waals surface area contributed by atoms with Crippen molar-refractivity contribution in [1.29, 1.82) is 0 Å². The Kier molecular flexibility index (Phi) is 19.3. The molecule has 2 aromatic carbocycles. The topological polar surface area (TPSA) is 209 Å². The molecule has 217 valence electrons. The molecule has 2 amide bonds. The van der Waals surface area contributed by atoms with Crippen molar-refractivity contribution in [2.24, 2.45) is 11.5 Å². The predicted molar refractivity (Wildman–Crippen MR) is 134 cm³/mol. The van der Waals surface area contributed by atoms with Crippen LogP contribution < -0.4 is 32.3 Å². The minimum atomic E-state index is -1.29. The summed E-state index contributed by atoms with van der Waals surface area (Å²) in [4.78, 5) is 43.3. The number of amides is 2. The number of carbonyl (C=O) groups is 4. The molecule has 12 nitrogen and oxygen atoms in total. The van der Waals surface area contributed by atoms with Crippen molar-refractivity contribution in [2.45, 2.75) is 51.0 Å². The molecule has 13 heteroatoms. The van der Waals surface area contributed by atoms with E-state index in [2.05, 4.69) is 10.6 Å². The van der Waals surface area contributed by atoms with Gasteiger partial charge in [0.2, 0.25) is 0 Å². The number of hydrogen-bond acceptors (Lipinski definition) is 10. The van der Waals surface area contributed by atoms with E-state index < -0.39 is 36.2 Å². The molecular formula is C26H34CuN4O8. The van der Waals surface area contributed by atoms with Gasteiger partial charge in [-0.25, -0.2) is 9.59 Å². The van der Waals surface area contributed by atoms with Crippen molar-refractivity contribution in [1.82, 2.24) is 10.6 Å². The van der Waals surface area contributed by atoms with Gasteiger partial charge in [-0.2, -0.15) is 0 Å². The van der Waals surface area contributed by atoms with Gasteiger partial charge in [0, 0.05) is 25.2 Å². The average Bonchev–Trinajstić information content (AvgIpc) is 2.92. The molecule has 0 aliphatic rings. The standard InChI is InChI=1S/2C13H18N2O4.Cu/c2*14-11(12(16)17)7-4-8-15-13(18)19-9-10-5-2-1-3-6-10;/h2*1-3,5-6,11H,4,7-9,14H2,(H,15,18)(H,16,17);/q;;+2/p-2/t2*11-;/m11./s1. The van der Waals surface area contributed by atoms with Gasteiger partial charge in [-0.3, -0.25) is 0 Å². The second-order valence-electron chi connectivity index (χ2n) is 8.11. The van der Waals surface area contributed by atoms with E-state index >= 15 is 0 Å². The molecular weight excluding hydrogens is 560 g/mol. The van der Waals surface area contributed by atoms with Crippen molar-refractivity contribution in [3.63, 3.8) is 0 Å². The number of carboxylic acid groups (broad SMARTS) is 2. The van der Waals surface area contributed by atoms with Crippen molar-refractivity contribution in [2.75, 3.05) is 13.1 Å². The summed E-state index contributed by atoms with van der Waals surface area (Å²) in [5.41, 5.74) is 12.3. The number of nitrogens with two attached hydrogens (primary N) is 2. The van der Waals surface area contributed by atoms with Gasteiger partial charge in [0.15, 0.2) is 0 Å². The van der Waals surface area contributed by atoms with Crippen LogP contribution in [-0.4, -0.2) is 49.3 Å². The molecule has 39 heavy (non-hydrogen) atoms. The number of hydrogen-bond donors (Lipinski definition) is 4. The number of alkyl carbamates (subject to hydrolysis) is 2.